The normalized spacial score (nSPS) is 23.6. The molecule has 2 unspecified atom stereocenters. The number of aliphatic carboxylic acids is 1. The van der Waals surface area contributed by atoms with Gasteiger partial charge in [0.15, 0.2) is 11.7 Å². The number of carboxylic acids is 1. The molecule has 1 N–H and O–H groups in total. The zero-order valence-corrected chi connectivity index (χ0v) is 9.92. The minimum Gasteiger partial charge on any atom is -0.479 e. The zero-order valence-electron chi connectivity index (χ0n) is 9.92. The monoisotopic (exact) mass is 247 g/mol. The molecular formula is C13H13NO4. The van der Waals surface area contributed by atoms with Crippen LogP contribution in [0.1, 0.15) is 30.4 Å². The largest absolute Gasteiger partial charge is 0.479 e. The molecule has 1 aromatic heterocycles. The van der Waals surface area contributed by atoms with Crippen LogP contribution in [0.2, 0.25) is 0 Å². The lowest BCUT2D eigenvalue weighted by Crippen LogP contribution is -2.18. The van der Waals surface area contributed by atoms with Gasteiger partial charge in [-0.05, 0) is 31.4 Å². The first-order valence-electron chi connectivity index (χ1n) is 5.89. The molecule has 1 fully saturated rings. The Bertz CT molecular complexity index is 604. The lowest BCUT2D eigenvalue weighted by atomic mass is 10.2. The van der Waals surface area contributed by atoms with E-state index in [4.69, 9.17) is 14.3 Å². The van der Waals surface area contributed by atoms with E-state index in [2.05, 4.69) is 4.98 Å². The van der Waals surface area contributed by atoms with Gasteiger partial charge in [0.05, 0.1) is 0 Å². The highest BCUT2D eigenvalue weighted by atomic mass is 16.5. The zero-order chi connectivity index (χ0) is 12.7. The van der Waals surface area contributed by atoms with E-state index in [9.17, 15) is 4.79 Å². The van der Waals surface area contributed by atoms with Crippen LogP contribution in [0.25, 0.3) is 11.1 Å². The van der Waals surface area contributed by atoms with Gasteiger partial charge < -0.3 is 14.3 Å². The van der Waals surface area contributed by atoms with Crippen molar-refractivity contribution in [2.45, 2.75) is 32.0 Å². The van der Waals surface area contributed by atoms with Crippen LogP contribution in [0.15, 0.2) is 22.6 Å². The third-order valence-electron chi connectivity index (χ3n) is 3.20. The smallest absolute Gasteiger partial charge is 0.332 e. The van der Waals surface area contributed by atoms with Crippen LogP contribution in [-0.4, -0.2) is 22.2 Å². The van der Waals surface area contributed by atoms with Gasteiger partial charge >= 0.3 is 5.97 Å². The van der Waals surface area contributed by atoms with Gasteiger partial charge in [-0.1, -0.05) is 12.1 Å². The number of aryl methyl sites for hydroxylation is 1. The summed E-state index contributed by atoms with van der Waals surface area (Å²) in [5.74, 6) is -0.451. The van der Waals surface area contributed by atoms with E-state index in [1.807, 2.05) is 25.1 Å². The molecule has 2 atom stereocenters. The maximum Gasteiger partial charge on any atom is 0.332 e. The van der Waals surface area contributed by atoms with Crippen LogP contribution in [0.3, 0.4) is 0 Å². The highest BCUT2D eigenvalue weighted by molar-refractivity contribution is 5.76. The summed E-state index contributed by atoms with van der Waals surface area (Å²) in [6.07, 6.45) is 0.0320. The van der Waals surface area contributed by atoms with Crippen molar-refractivity contribution < 1.29 is 19.1 Å². The molecule has 18 heavy (non-hydrogen) atoms. The molecule has 0 amide bonds. The van der Waals surface area contributed by atoms with Gasteiger partial charge in [0, 0.05) is 0 Å². The number of aromatic nitrogens is 1. The summed E-state index contributed by atoms with van der Waals surface area (Å²) in [7, 11) is 0. The maximum absolute atomic E-state index is 10.8. The van der Waals surface area contributed by atoms with Crippen LogP contribution in [-0.2, 0) is 9.53 Å². The molecule has 3 rings (SSSR count). The lowest BCUT2D eigenvalue weighted by molar-refractivity contribution is -0.149. The highest BCUT2D eigenvalue weighted by Gasteiger charge is 2.34. The average molecular weight is 247 g/mol. The Morgan fingerprint density at radius 1 is 1.44 bits per heavy atom. The Hall–Kier alpha value is -1.88. The fraction of sp³-hybridized carbons (Fsp3) is 0.385. The Morgan fingerprint density at radius 2 is 2.28 bits per heavy atom. The molecule has 0 radical (unpaired) electrons. The van der Waals surface area contributed by atoms with Gasteiger partial charge in [0.1, 0.15) is 11.6 Å². The third-order valence-corrected chi connectivity index (χ3v) is 3.20. The number of rotatable bonds is 2. The van der Waals surface area contributed by atoms with Crippen molar-refractivity contribution in [1.29, 1.82) is 0 Å². The van der Waals surface area contributed by atoms with E-state index < -0.39 is 12.1 Å². The molecule has 94 valence electrons. The molecule has 2 heterocycles. The first-order valence-corrected chi connectivity index (χ1v) is 5.89. The van der Waals surface area contributed by atoms with E-state index >= 15 is 0 Å². The summed E-state index contributed by atoms with van der Waals surface area (Å²) in [6, 6.07) is 5.74. The molecule has 0 aliphatic carbocycles. The molecular weight excluding hydrogens is 234 g/mol. The second-order valence-electron chi connectivity index (χ2n) is 4.50. The Morgan fingerprint density at radius 3 is 2.94 bits per heavy atom. The number of ether oxygens (including phenoxy) is 1. The minimum absolute atomic E-state index is 0.349. The number of para-hydroxylation sites is 1. The number of hydrogen-bond acceptors (Lipinski definition) is 4. The van der Waals surface area contributed by atoms with Gasteiger partial charge in [-0.3, -0.25) is 0 Å². The van der Waals surface area contributed by atoms with Crippen molar-refractivity contribution in [3.8, 4) is 0 Å². The van der Waals surface area contributed by atoms with E-state index in [1.165, 1.54) is 0 Å². The van der Waals surface area contributed by atoms with Crippen LogP contribution in [0, 0.1) is 6.92 Å². The van der Waals surface area contributed by atoms with Crippen molar-refractivity contribution in [1.82, 2.24) is 4.98 Å². The summed E-state index contributed by atoms with van der Waals surface area (Å²) < 4.78 is 11.1. The number of oxazole rings is 1. The number of fused-ring (bicyclic) bond motifs is 1. The minimum atomic E-state index is -0.926. The lowest BCUT2D eigenvalue weighted by Gasteiger charge is -2.06. The van der Waals surface area contributed by atoms with Gasteiger partial charge in [-0.25, -0.2) is 9.78 Å². The second kappa shape index (κ2) is 4.10. The molecule has 5 heteroatoms. The molecule has 1 saturated heterocycles. The van der Waals surface area contributed by atoms with Gasteiger partial charge in [-0.15, -0.1) is 0 Å². The summed E-state index contributed by atoms with van der Waals surface area (Å²) >= 11 is 0. The first kappa shape index (κ1) is 11.2. The number of benzene rings is 1. The van der Waals surface area contributed by atoms with Crippen LogP contribution < -0.4 is 0 Å². The molecule has 0 bridgehead atoms. The van der Waals surface area contributed by atoms with E-state index in [1.54, 1.807) is 0 Å². The molecule has 0 saturated carbocycles. The van der Waals surface area contributed by atoms with Crippen LogP contribution >= 0.6 is 0 Å². The number of hydrogen-bond donors (Lipinski definition) is 1. The SMILES string of the molecule is Cc1cccc2nc(C3CCC(C(=O)O)O3)oc12. The van der Waals surface area contributed by atoms with Gasteiger partial charge in [0.2, 0.25) is 5.89 Å². The highest BCUT2D eigenvalue weighted by Crippen LogP contribution is 2.34. The third kappa shape index (κ3) is 1.76. The van der Waals surface area contributed by atoms with Gasteiger partial charge in [-0.2, -0.15) is 0 Å². The summed E-state index contributed by atoms with van der Waals surface area (Å²) in [5, 5.41) is 8.89. The first-order chi connectivity index (χ1) is 8.65. The molecule has 2 aromatic rings. The standard InChI is InChI=1S/C13H13NO4/c1-7-3-2-4-8-11(7)18-12(14-8)9-5-6-10(17-9)13(15)16/h2-4,9-10H,5-6H2,1H3,(H,15,16). The Labute approximate surface area is 103 Å². The van der Waals surface area contributed by atoms with E-state index in [0.29, 0.717) is 18.7 Å². The van der Waals surface area contributed by atoms with Crippen molar-refractivity contribution >= 4 is 17.1 Å². The Balaban J connectivity index is 1.92. The van der Waals surface area contributed by atoms with Crippen molar-refractivity contribution in [2.24, 2.45) is 0 Å². The van der Waals surface area contributed by atoms with Crippen molar-refractivity contribution in [3.63, 3.8) is 0 Å². The summed E-state index contributed by atoms with van der Waals surface area (Å²) in [5.41, 5.74) is 2.54. The second-order valence-corrected chi connectivity index (χ2v) is 4.50. The van der Waals surface area contributed by atoms with Crippen LogP contribution in [0.4, 0.5) is 0 Å². The maximum atomic E-state index is 10.8. The predicted molar refractivity (Wildman–Crippen MR) is 63.2 cm³/mol. The van der Waals surface area contributed by atoms with Crippen molar-refractivity contribution in [2.75, 3.05) is 0 Å². The predicted octanol–water partition coefficient (Wildman–Crippen LogP) is 2.44. The van der Waals surface area contributed by atoms with Crippen molar-refractivity contribution in [3.05, 3.63) is 29.7 Å². The molecule has 5 nitrogen and oxygen atoms in total. The molecule has 1 aliphatic heterocycles. The quantitative estimate of drug-likeness (QED) is 0.882. The van der Waals surface area contributed by atoms with E-state index in [-0.39, 0.29) is 6.10 Å². The fourth-order valence-corrected chi connectivity index (χ4v) is 2.24. The molecule has 1 aliphatic rings. The molecule has 0 spiro atoms. The number of carbonyl (C=O) groups is 1. The fourth-order valence-electron chi connectivity index (χ4n) is 2.24. The summed E-state index contributed by atoms with van der Waals surface area (Å²) in [4.78, 5) is 15.2. The Kier molecular flexibility index (Phi) is 2.56. The number of carboxylic acid groups (broad SMARTS) is 1. The molecule has 1 aromatic carbocycles. The van der Waals surface area contributed by atoms with E-state index in [0.717, 1.165) is 16.7 Å². The number of nitrogens with zero attached hydrogens (tertiary/aromatic N) is 1. The van der Waals surface area contributed by atoms with Gasteiger partial charge in [0.25, 0.3) is 0 Å². The summed E-state index contributed by atoms with van der Waals surface area (Å²) in [6.45, 7) is 1.95. The topological polar surface area (TPSA) is 72.6 Å². The average Bonchev–Trinajstić information content (AvgIpc) is 2.95. The van der Waals surface area contributed by atoms with Crippen LogP contribution in [0.5, 0.6) is 0 Å².